The molecular formula is C24H23N3. The number of nitrogen functional groups attached to an aromatic ring is 1. The van der Waals surface area contributed by atoms with E-state index in [1.54, 1.807) is 0 Å². The molecule has 1 atom stereocenters. The van der Waals surface area contributed by atoms with E-state index in [-0.39, 0.29) is 6.04 Å². The quantitative estimate of drug-likeness (QED) is 0.464. The van der Waals surface area contributed by atoms with Crippen LogP contribution in [0.2, 0.25) is 0 Å². The first kappa shape index (κ1) is 17.1. The van der Waals surface area contributed by atoms with E-state index in [0.29, 0.717) is 0 Å². The SMILES string of the molecule is C=CC/C=C1\c2c(ccnc2C)-c2ccccc2NC1c1ccc(N)cc1. The molecule has 0 saturated heterocycles. The average molecular weight is 353 g/mol. The Morgan fingerprint density at radius 3 is 2.63 bits per heavy atom. The maximum Gasteiger partial charge on any atom is 0.0771 e. The van der Waals surface area contributed by atoms with Crippen LogP contribution in [0.3, 0.4) is 0 Å². The molecule has 1 aliphatic rings. The summed E-state index contributed by atoms with van der Waals surface area (Å²) in [6.45, 7) is 5.98. The fraction of sp³-hybridized carbons (Fsp3) is 0.125. The molecule has 134 valence electrons. The number of para-hydroxylation sites is 1. The highest BCUT2D eigenvalue weighted by atomic mass is 14.9. The van der Waals surface area contributed by atoms with Crippen molar-refractivity contribution in [1.29, 1.82) is 0 Å². The van der Waals surface area contributed by atoms with Crippen molar-refractivity contribution in [3.05, 3.63) is 96.3 Å². The van der Waals surface area contributed by atoms with E-state index in [0.717, 1.165) is 23.5 Å². The number of anilines is 2. The van der Waals surface area contributed by atoms with Crippen molar-refractivity contribution < 1.29 is 0 Å². The molecule has 2 heterocycles. The number of nitrogens with two attached hydrogens (primary N) is 1. The van der Waals surface area contributed by atoms with Gasteiger partial charge in [-0.2, -0.15) is 0 Å². The second-order valence-electron chi connectivity index (χ2n) is 6.79. The molecule has 0 aliphatic carbocycles. The molecule has 3 heteroatoms. The molecule has 1 unspecified atom stereocenters. The number of aryl methyl sites for hydroxylation is 1. The van der Waals surface area contributed by atoms with Crippen molar-refractivity contribution in [1.82, 2.24) is 4.98 Å². The molecule has 3 N–H and O–H groups in total. The molecule has 0 fully saturated rings. The Labute approximate surface area is 160 Å². The number of fused-ring (bicyclic) bond motifs is 3. The van der Waals surface area contributed by atoms with Crippen molar-refractivity contribution >= 4 is 16.9 Å². The van der Waals surface area contributed by atoms with Gasteiger partial charge in [-0.25, -0.2) is 0 Å². The third kappa shape index (κ3) is 3.13. The molecule has 0 bridgehead atoms. The van der Waals surface area contributed by atoms with E-state index in [1.165, 1.54) is 27.8 Å². The zero-order valence-electron chi connectivity index (χ0n) is 15.4. The van der Waals surface area contributed by atoms with Crippen LogP contribution < -0.4 is 11.1 Å². The van der Waals surface area contributed by atoms with Crippen LogP contribution in [0.5, 0.6) is 0 Å². The van der Waals surface area contributed by atoms with Gasteiger partial charge in [-0.3, -0.25) is 4.98 Å². The monoisotopic (exact) mass is 353 g/mol. The van der Waals surface area contributed by atoms with E-state index in [1.807, 2.05) is 24.4 Å². The molecule has 0 amide bonds. The highest BCUT2D eigenvalue weighted by Gasteiger charge is 2.27. The number of hydrogen-bond donors (Lipinski definition) is 2. The van der Waals surface area contributed by atoms with Gasteiger partial charge in [0, 0.05) is 34.4 Å². The van der Waals surface area contributed by atoms with E-state index in [9.17, 15) is 0 Å². The molecule has 2 aromatic carbocycles. The lowest BCUT2D eigenvalue weighted by Gasteiger charge is -2.23. The first-order chi connectivity index (χ1) is 13.2. The molecule has 1 aromatic heterocycles. The van der Waals surface area contributed by atoms with Crippen molar-refractivity contribution in [2.45, 2.75) is 19.4 Å². The van der Waals surface area contributed by atoms with Crippen LogP contribution >= 0.6 is 0 Å². The lowest BCUT2D eigenvalue weighted by Crippen LogP contribution is -2.12. The Balaban J connectivity index is 2.00. The van der Waals surface area contributed by atoms with Crippen molar-refractivity contribution in [3.8, 4) is 11.1 Å². The lowest BCUT2D eigenvalue weighted by molar-refractivity contribution is 0.999. The van der Waals surface area contributed by atoms with Crippen LogP contribution in [0.15, 0.2) is 79.5 Å². The second kappa shape index (κ2) is 7.12. The van der Waals surface area contributed by atoms with Gasteiger partial charge in [0.15, 0.2) is 0 Å². The number of rotatable bonds is 3. The number of allylic oxidation sites excluding steroid dienone is 2. The number of nitrogens with zero attached hydrogens (tertiary/aromatic N) is 1. The highest BCUT2D eigenvalue weighted by molar-refractivity contribution is 5.93. The summed E-state index contributed by atoms with van der Waals surface area (Å²) in [5.41, 5.74) is 14.8. The van der Waals surface area contributed by atoms with E-state index < -0.39 is 0 Å². The van der Waals surface area contributed by atoms with E-state index in [4.69, 9.17) is 5.73 Å². The van der Waals surface area contributed by atoms with Crippen LogP contribution in [-0.2, 0) is 0 Å². The Kier molecular flexibility index (Phi) is 4.51. The molecule has 0 radical (unpaired) electrons. The molecule has 3 nitrogen and oxygen atoms in total. The van der Waals surface area contributed by atoms with Gasteiger partial charge in [-0.15, -0.1) is 6.58 Å². The first-order valence-corrected chi connectivity index (χ1v) is 9.17. The van der Waals surface area contributed by atoms with Gasteiger partial charge in [-0.05, 0) is 54.3 Å². The fourth-order valence-corrected chi connectivity index (χ4v) is 3.76. The molecule has 27 heavy (non-hydrogen) atoms. The van der Waals surface area contributed by atoms with Gasteiger partial charge in [0.1, 0.15) is 0 Å². The second-order valence-corrected chi connectivity index (χ2v) is 6.79. The Morgan fingerprint density at radius 1 is 1.07 bits per heavy atom. The minimum Gasteiger partial charge on any atom is -0.399 e. The van der Waals surface area contributed by atoms with E-state index in [2.05, 4.69) is 72.3 Å². The van der Waals surface area contributed by atoms with Crippen molar-refractivity contribution in [2.24, 2.45) is 0 Å². The number of nitrogens with one attached hydrogen (secondary N) is 1. The molecule has 4 rings (SSSR count). The third-order valence-electron chi connectivity index (χ3n) is 5.03. The largest absolute Gasteiger partial charge is 0.399 e. The zero-order chi connectivity index (χ0) is 18.8. The molecule has 3 aromatic rings. The Hall–Kier alpha value is -3.33. The van der Waals surface area contributed by atoms with Crippen LogP contribution in [0.4, 0.5) is 11.4 Å². The summed E-state index contributed by atoms with van der Waals surface area (Å²) in [5.74, 6) is 0. The minimum atomic E-state index is 0.0100. The highest BCUT2D eigenvalue weighted by Crippen LogP contribution is 2.45. The average Bonchev–Trinajstić information content (AvgIpc) is 2.83. The first-order valence-electron chi connectivity index (χ1n) is 9.17. The standard InChI is InChI=1S/C24H23N3/c1-3-4-7-21-23-16(2)26-15-14-20(23)19-8-5-6-9-22(19)27-24(21)17-10-12-18(25)13-11-17/h3,5-15,24,27H,1,4,25H2,2H3/b21-7+. The molecule has 0 spiro atoms. The predicted octanol–water partition coefficient (Wildman–Crippen LogP) is 5.77. The van der Waals surface area contributed by atoms with Gasteiger partial charge in [0.05, 0.1) is 6.04 Å². The van der Waals surface area contributed by atoms with Gasteiger partial charge in [0.2, 0.25) is 0 Å². The van der Waals surface area contributed by atoms with E-state index >= 15 is 0 Å². The van der Waals surface area contributed by atoms with Crippen molar-refractivity contribution in [3.63, 3.8) is 0 Å². The smallest absolute Gasteiger partial charge is 0.0771 e. The maximum absolute atomic E-state index is 5.92. The molecular weight excluding hydrogens is 330 g/mol. The number of pyridine rings is 1. The fourth-order valence-electron chi connectivity index (χ4n) is 3.76. The normalized spacial score (nSPS) is 16.8. The third-order valence-corrected chi connectivity index (χ3v) is 5.03. The van der Waals surface area contributed by atoms with Crippen molar-refractivity contribution in [2.75, 3.05) is 11.1 Å². The summed E-state index contributed by atoms with van der Waals surface area (Å²) in [4.78, 5) is 4.59. The Bertz CT molecular complexity index is 1020. The number of benzene rings is 2. The minimum absolute atomic E-state index is 0.0100. The summed E-state index contributed by atoms with van der Waals surface area (Å²) >= 11 is 0. The summed E-state index contributed by atoms with van der Waals surface area (Å²) < 4.78 is 0. The number of hydrogen-bond acceptors (Lipinski definition) is 3. The van der Waals surface area contributed by atoms with Crippen LogP contribution in [-0.4, -0.2) is 4.98 Å². The Morgan fingerprint density at radius 2 is 1.85 bits per heavy atom. The van der Waals surface area contributed by atoms with Gasteiger partial charge < -0.3 is 11.1 Å². The zero-order valence-corrected chi connectivity index (χ0v) is 15.4. The summed E-state index contributed by atoms with van der Waals surface area (Å²) in [5, 5.41) is 3.76. The van der Waals surface area contributed by atoms with Crippen LogP contribution in [0.25, 0.3) is 16.7 Å². The maximum atomic E-state index is 5.92. The molecule has 0 saturated carbocycles. The summed E-state index contributed by atoms with van der Waals surface area (Å²) in [6, 6.07) is 18.7. The van der Waals surface area contributed by atoms with Crippen LogP contribution in [0, 0.1) is 6.92 Å². The van der Waals surface area contributed by atoms with Gasteiger partial charge in [-0.1, -0.05) is 42.5 Å². The van der Waals surface area contributed by atoms with Crippen LogP contribution in [0.1, 0.15) is 29.3 Å². The lowest BCUT2D eigenvalue weighted by atomic mass is 9.88. The predicted molar refractivity (Wildman–Crippen MR) is 114 cm³/mol. The van der Waals surface area contributed by atoms with Gasteiger partial charge in [0.25, 0.3) is 0 Å². The summed E-state index contributed by atoms with van der Waals surface area (Å²) in [6.07, 6.45) is 6.86. The summed E-state index contributed by atoms with van der Waals surface area (Å²) in [7, 11) is 0. The topological polar surface area (TPSA) is 50.9 Å². The van der Waals surface area contributed by atoms with Gasteiger partial charge >= 0.3 is 0 Å². The number of aromatic nitrogens is 1. The molecule has 1 aliphatic heterocycles.